The van der Waals surface area contributed by atoms with E-state index in [4.69, 9.17) is 4.74 Å². The lowest BCUT2D eigenvalue weighted by atomic mass is 10.2. The second-order valence-corrected chi connectivity index (χ2v) is 7.11. The molecule has 0 bridgehead atoms. The Morgan fingerprint density at radius 1 is 1.00 bits per heavy atom. The van der Waals surface area contributed by atoms with E-state index in [-0.39, 0.29) is 17.9 Å². The summed E-state index contributed by atoms with van der Waals surface area (Å²) in [7, 11) is -3.88. The third kappa shape index (κ3) is 3.28. The molecule has 6 heteroatoms. The largest absolute Gasteiger partial charge is 0.352 e. The van der Waals surface area contributed by atoms with Crippen LogP contribution in [0.25, 0.3) is 0 Å². The minimum Gasteiger partial charge on any atom is -0.352 e. The van der Waals surface area contributed by atoms with Crippen LogP contribution in [0.15, 0.2) is 65.6 Å². The van der Waals surface area contributed by atoms with Crippen molar-refractivity contribution >= 4 is 15.9 Å². The minimum absolute atomic E-state index is 0.101. The van der Waals surface area contributed by atoms with E-state index in [1.165, 1.54) is 12.1 Å². The molecular formula is C17H17NO4S. The lowest BCUT2D eigenvalue weighted by molar-refractivity contribution is -0.128. The van der Waals surface area contributed by atoms with E-state index in [2.05, 4.69) is 0 Å². The van der Waals surface area contributed by atoms with Crippen molar-refractivity contribution in [2.24, 2.45) is 0 Å². The summed E-state index contributed by atoms with van der Waals surface area (Å²) in [5, 5.41) is 0. The van der Waals surface area contributed by atoms with Crippen molar-refractivity contribution in [1.82, 2.24) is 4.31 Å². The summed E-state index contributed by atoms with van der Waals surface area (Å²) in [6.45, 7) is 0.263. The highest BCUT2D eigenvalue weighted by Gasteiger charge is 2.41. The Bertz CT molecular complexity index is 775. The Hall–Kier alpha value is -2.18. The Morgan fingerprint density at radius 3 is 2.26 bits per heavy atom. The number of rotatable bonds is 5. The molecule has 120 valence electrons. The van der Waals surface area contributed by atoms with Gasteiger partial charge in [0, 0.05) is 12.8 Å². The Morgan fingerprint density at radius 2 is 1.61 bits per heavy atom. The maximum atomic E-state index is 12.7. The third-order valence-electron chi connectivity index (χ3n) is 3.70. The first-order valence-electron chi connectivity index (χ1n) is 7.37. The van der Waals surface area contributed by atoms with Crippen LogP contribution in [0.3, 0.4) is 0 Å². The Labute approximate surface area is 135 Å². The smallest absolute Gasteiger partial charge is 0.268 e. The van der Waals surface area contributed by atoms with Gasteiger partial charge < -0.3 is 4.74 Å². The lowest BCUT2D eigenvalue weighted by Crippen LogP contribution is -2.39. The zero-order chi connectivity index (χ0) is 16.3. The lowest BCUT2D eigenvalue weighted by Gasteiger charge is -2.24. The van der Waals surface area contributed by atoms with E-state index in [0.717, 1.165) is 9.87 Å². The SMILES string of the molecule is O=C1CC[C@@H](OCc2ccccc2)N1S(=O)(=O)c1ccccc1. The molecule has 1 aliphatic rings. The van der Waals surface area contributed by atoms with Gasteiger partial charge in [0.2, 0.25) is 5.91 Å². The molecule has 0 radical (unpaired) electrons. The molecule has 0 spiro atoms. The van der Waals surface area contributed by atoms with Crippen molar-refractivity contribution in [2.75, 3.05) is 0 Å². The van der Waals surface area contributed by atoms with Crippen molar-refractivity contribution in [3.63, 3.8) is 0 Å². The van der Waals surface area contributed by atoms with Crippen molar-refractivity contribution in [3.05, 3.63) is 66.2 Å². The van der Waals surface area contributed by atoms with Crippen LogP contribution in [0.4, 0.5) is 0 Å². The molecule has 1 saturated heterocycles. The highest BCUT2D eigenvalue weighted by molar-refractivity contribution is 7.89. The standard InChI is InChI=1S/C17H17NO4S/c19-16-11-12-17(22-13-14-7-3-1-4-8-14)18(16)23(20,21)15-9-5-2-6-10-15/h1-10,17H,11-13H2/t17-/m1/s1. The maximum absolute atomic E-state index is 12.7. The second kappa shape index (κ2) is 6.52. The number of nitrogens with zero attached hydrogens (tertiary/aromatic N) is 1. The first-order chi connectivity index (χ1) is 11.1. The summed E-state index contributed by atoms with van der Waals surface area (Å²) in [4.78, 5) is 12.2. The van der Waals surface area contributed by atoms with Gasteiger partial charge in [-0.1, -0.05) is 48.5 Å². The molecule has 0 aromatic heterocycles. The molecule has 5 nitrogen and oxygen atoms in total. The fourth-order valence-electron chi connectivity index (χ4n) is 2.55. The van der Waals surface area contributed by atoms with Gasteiger partial charge in [-0.3, -0.25) is 4.79 Å². The zero-order valence-corrected chi connectivity index (χ0v) is 13.3. The maximum Gasteiger partial charge on any atom is 0.268 e. The molecule has 1 amide bonds. The fourth-order valence-corrected chi connectivity index (χ4v) is 4.11. The van der Waals surface area contributed by atoms with Gasteiger partial charge in [-0.2, -0.15) is 0 Å². The molecule has 0 aliphatic carbocycles. The summed E-state index contributed by atoms with van der Waals surface area (Å²) in [6.07, 6.45) is -0.212. The molecule has 2 aromatic carbocycles. The van der Waals surface area contributed by atoms with Gasteiger partial charge >= 0.3 is 0 Å². The van der Waals surface area contributed by atoms with Gasteiger partial charge in [-0.15, -0.1) is 0 Å². The van der Waals surface area contributed by atoms with Crippen LogP contribution in [0.2, 0.25) is 0 Å². The highest BCUT2D eigenvalue weighted by Crippen LogP contribution is 2.28. The quantitative estimate of drug-likeness (QED) is 0.844. The number of hydrogen-bond acceptors (Lipinski definition) is 4. The van der Waals surface area contributed by atoms with Gasteiger partial charge in [0.1, 0.15) is 6.23 Å². The first-order valence-corrected chi connectivity index (χ1v) is 8.81. The van der Waals surface area contributed by atoms with Crippen molar-refractivity contribution in [3.8, 4) is 0 Å². The van der Waals surface area contributed by atoms with Gasteiger partial charge in [0.25, 0.3) is 10.0 Å². The minimum atomic E-state index is -3.88. The topological polar surface area (TPSA) is 63.7 Å². The Kier molecular flexibility index (Phi) is 4.45. The predicted octanol–water partition coefficient (Wildman–Crippen LogP) is 2.54. The summed E-state index contributed by atoms with van der Waals surface area (Å²) in [6, 6.07) is 17.4. The molecule has 1 heterocycles. The number of amides is 1. The summed E-state index contributed by atoms with van der Waals surface area (Å²) in [5.41, 5.74) is 0.934. The fraction of sp³-hybridized carbons (Fsp3) is 0.235. The van der Waals surface area contributed by atoms with Crippen molar-refractivity contribution < 1.29 is 17.9 Å². The predicted molar refractivity (Wildman–Crippen MR) is 84.7 cm³/mol. The molecule has 23 heavy (non-hydrogen) atoms. The zero-order valence-electron chi connectivity index (χ0n) is 12.5. The summed E-state index contributed by atoms with van der Waals surface area (Å²) >= 11 is 0. The highest BCUT2D eigenvalue weighted by atomic mass is 32.2. The molecule has 0 N–H and O–H groups in total. The van der Waals surface area contributed by atoms with Gasteiger partial charge in [-0.25, -0.2) is 12.7 Å². The second-order valence-electron chi connectivity index (χ2n) is 5.30. The molecule has 1 aliphatic heterocycles. The number of benzene rings is 2. The summed E-state index contributed by atoms with van der Waals surface area (Å²) < 4.78 is 32.0. The molecule has 0 saturated carbocycles. The molecule has 1 atom stereocenters. The van der Waals surface area contributed by atoms with Crippen LogP contribution >= 0.6 is 0 Å². The molecule has 3 rings (SSSR count). The van der Waals surface area contributed by atoms with Crippen LogP contribution in [0.5, 0.6) is 0 Å². The monoisotopic (exact) mass is 331 g/mol. The van der Waals surface area contributed by atoms with Gasteiger partial charge in [0.15, 0.2) is 0 Å². The van der Waals surface area contributed by atoms with Gasteiger partial charge in [-0.05, 0) is 17.7 Å². The van der Waals surface area contributed by atoms with Crippen LogP contribution in [0.1, 0.15) is 18.4 Å². The van der Waals surface area contributed by atoms with E-state index in [9.17, 15) is 13.2 Å². The molecule has 0 unspecified atom stereocenters. The third-order valence-corrected chi connectivity index (χ3v) is 5.52. The molecular weight excluding hydrogens is 314 g/mol. The number of sulfonamides is 1. The van der Waals surface area contributed by atoms with Crippen molar-refractivity contribution in [1.29, 1.82) is 0 Å². The van der Waals surface area contributed by atoms with Crippen molar-refractivity contribution in [2.45, 2.75) is 30.6 Å². The van der Waals surface area contributed by atoms with Crippen LogP contribution in [0, 0.1) is 0 Å². The van der Waals surface area contributed by atoms with Gasteiger partial charge in [0.05, 0.1) is 11.5 Å². The number of carbonyl (C=O) groups is 1. The Balaban J connectivity index is 1.80. The number of hydrogen-bond donors (Lipinski definition) is 0. The van der Waals surface area contributed by atoms with Crippen LogP contribution < -0.4 is 0 Å². The van der Waals surface area contributed by atoms with E-state index in [0.29, 0.717) is 6.42 Å². The van der Waals surface area contributed by atoms with Crippen LogP contribution in [-0.4, -0.2) is 24.9 Å². The average Bonchev–Trinajstić information content (AvgIpc) is 2.96. The van der Waals surface area contributed by atoms with E-state index < -0.39 is 22.2 Å². The number of ether oxygens (including phenoxy) is 1. The normalized spacial score (nSPS) is 18.3. The first kappa shape index (κ1) is 15.7. The molecule has 1 fully saturated rings. The van der Waals surface area contributed by atoms with E-state index in [1.807, 2.05) is 30.3 Å². The molecule has 2 aromatic rings. The van der Waals surface area contributed by atoms with E-state index >= 15 is 0 Å². The van der Waals surface area contributed by atoms with Crippen LogP contribution in [-0.2, 0) is 26.2 Å². The average molecular weight is 331 g/mol. The number of carbonyl (C=O) groups excluding carboxylic acids is 1. The summed E-state index contributed by atoms with van der Waals surface area (Å²) in [5.74, 6) is -0.424. The van der Waals surface area contributed by atoms with E-state index in [1.54, 1.807) is 18.2 Å².